The number of thiazole rings is 1. The largest absolute Gasteiger partial charge is 0.291 e. The summed E-state index contributed by atoms with van der Waals surface area (Å²) in [6.07, 6.45) is 1.74. The van der Waals surface area contributed by atoms with E-state index in [-0.39, 0.29) is 0 Å². The number of nitrogens with zero attached hydrogens (tertiary/aromatic N) is 1. The van der Waals surface area contributed by atoms with Gasteiger partial charge in [-0.15, -0.1) is 11.3 Å². The lowest BCUT2D eigenvalue weighted by Crippen LogP contribution is -1.83. The lowest BCUT2D eigenvalue weighted by molar-refractivity contribution is 1.41. The van der Waals surface area contributed by atoms with Crippen molar-refractivity contribution >= 4 is 16.5 Å². The van der Waals surface area contributed by atoms with Crippen molar-refractivity contribution in [3.8, 4) is 12.0 Å². The fourth-order valence-corrected chi connectivity index (χ4v) is 0.883. The van der Waals surface area contributed by atoms with E-state index in [1.807, 2.05) is 5.38 Å². The van der Waals surface area contributed by atoms with Crippen molar-refractivity contribution in [3.63, 3.8) is 0 Å². The molecule has 0 amide bonds. The first kappa shape index (κ1) is 6.12. The van der Waals surface area contributed by atoms with Crippen molar-refractivity contribution in [2.75, 3.05) is 5.32 Å². The highest BCUT2D eigenvalue weighted by atomic mass is 32.1. The Labute approximate surface area is 57.9 Å². The van der Waals surface area contributed by atoms with Gasteiger partial charge in [-0.25, -0.2) is 4.98 Å². The Morgan fingerprint density at radius 2 is 2.67 bits per heavy atom. The molecule has 0 radical (unpaired) electrons. The molecule has 3 heteroatoms. The van der Waals surface area contributed by atoms with Gasteiger partial charge in [0.05, 0.1) is 0 Å². The summed E-state index contributed by atoms with van der Waals surface area (Å²) in [5.41, 5.74) is 0. The minimum absolute atomic E-state index is 0.851. The Kier molecular flexibility index (Phi) is 2.11. The Bertz CT molecular complexity index is 217. The molecule has 1 rings (SSSR count). The lowest BCUT2D eigenvalue weighted by Gasteiger charge is -1.84. The predicted molar refractivity (Wildman–Crippen MR) is 39.2 cm³/mol. The highest BCUT2D eigenvalue weighted by Gasteiger charge is 1.85. The van der Waals surface area contributed by atoms with Crippen LogP contribution >= 0.6 is 11.3 Å². The summed E-state index contributed by atoms with van der Waals surface area (Å²) in [6.45, 7) is 1.78. The van der Waals surface area contributed by atoms with E-state index >= 15 is 0 Å². The summed E-state index contributed by atoms with van der Waals surface area (Å²) in [7, 11) is 0. The molecule has 0 atom stereocenters. The van der Waals surface area contributed by atoms with Crippen molar-refractivity contribution in [2.45, 2.75) is 6.92 Å². The molecule has 9 heavy (non-hydrogen) atoms. The van der Waals surface area contributed by atoms with E-state index in [0.717, 1.165) is 5.13 Å². The van der Waals surface area contributed by atoms with Crippen molar-refractivity contribution in [3.05, 3.63) is 11.6 Å². The lowest BCUT2D eigenvalue weighted by atomic mass is 10.8. The third kappa shape index (κ3) is 1.74. The highest BCUT2D eigenvalue weighted by Crippen LogP contribution is 2.08. The maximum absolute atomic E-state index is 3.96. The summed E-state index contributed by atoms with van der Waals surface area (Å²) < 4.78 is 0. The summed E-state index contributed by atoms with van der Waals surface area (Å²) in [6, 6.07) is 2.70. The van der Waals surface area contributed by atoms with Crippen LogP contribution in [0.4, 0.5) is 5.13 Å². The van der Waals surface area contributed by atoms with Crippen LogP contribution in [0.15, 0.2) is 11.6 Å². The van der Waals surface area contributed by atoms with Gasteiger partial charge in [-0.3, -0.25) is 5.32 Å². The van der Waals surface area contributed by atoms with Gasteiger partial charge in [0, 0.05) is 17.6 Å². The van der Waals surface area contributed by atoms with Gasteiger partial charge >= 0.3 is 0 Å². The highest BCUT2D eigenvalue weighted by molar-refractivity contribution is 7.13. The van der Waals surface area contributed by atoms with Crippen molar-refractivity contribution in [1.82, 2.24) is 4.98 Å². The molecule has 0 aliphatic carbocycles. The molecule has 1 heterocycles. The summed E-state index contributed by atoms with van der Waals surface area (Å²) in [4.78, 5) is 3.96. The minimum Gasteiger partial charge on any atom is -0.291 e. The Morgan fingerprint density at radius 3 is 3.22 bits per heavy atom. The smallest absolute Gasteiger partial charge is 0.194 e. The average Bonchev–Trinajstić information content (AvgIpc) is 2.34. The van der Waals surface area contributed by atoms with Gasteiger partial charge in [-0.2, -0.15) is 0 Å². The standard InChI is InChI=1S/C6H6N2S/c1-2-3-7-6-8-4-5-9-6/h4-5H,1H3,(H,7,8). The fraction of sp³-hybridized carbons (Fsp3) is 0.167. The topological polar surface area (TPSA) is 24.9 Å². The van der Waals surface area contributed by atoms with Crippen LogP contribution in [-0.4, -0.2) is 4.98 Å². The number of hydrogen-bond acceptors (Lipinski definition) is 3. The molecule has 2 nitrogen and oxygen atoms in total. The number of nitrogens with one attached hydrogen (secondary N) is 1. The third-order valence-electron chi connectivity index (χ3n) is 0.727. The Morgan fingerprint density at radius 1 is 1.78 bits per heavy atom. The Balaban J connectivity index is 2.54. The van der Waals surface area contributed by atoms with Gasteiger partial charge < -0.3 is 0 Å². The fourth-order valence-electron chi connectivity index (χ4n) is 0.401. The third-order valence-corrected chi connectivity index (χ3v) is 1.42. The predicted octanol–water partition coefficient (Wildman–Crippen LogP) is 1.54. The molecule has 1 aromatic rings. The van der Waals surface area contributed by atoms with Gasteiger partial charge in [0.1, 0.15) is 0 Å². The Hall–Kier alpha value is -1.01. The number of aromatic nitrogens is 1. The van der Waals surface area contributed by atoms with E-state index < -0.39 is 0 Å². The molecule has 0 aromatic carbocycles. The van der Waals surface area contributed by atoms with E-state index in [1.54, 1.807) is 13.1 Å². The van der Waals surface area contributed by atoms with Crippen LogP contribution in [0, 0.1) is 12.0 Å². The van der Waals surface area contributed by atoms with Crippen LogP contribution in [-0.2, 0) is 0 Å². The van der Waals surface area contributed by atoms with Crippen molar-refractivity contribution in [1.29, 1.82) is 0 Å². The minimum atomic E-state index is 0.851. The second kappa shape index (κ2) is 3.10. The number of anilines is 1. The van der Waals surface area contributed by atoms with Gasteiger partial charge in [-0.1, -0.05) is 5.92 Å². The first-order valence-electron chi connectivity index (χ1n) is 2.50. The van der Waals surface area contributed by atoms with Gasteiger partial charge in [0.25, 0.3) is 0 Å². The zero-order valence-corrected chi connectivity index (χ0v) is 5.83. The molecule has 0 fully saturated rings. The van der Waals surface area contributed by atoms with E-state index in [0.29, 0.717) is 0 Å². The molecule has 0 saturated carbocycles. The number of hydrogen-bond donors (Lipinski definition) is 1. The maximum atomic E-state index is 3.96. The van der Waals surface area contributed by atoms with Gasteiger partial charge in [0.15, 0.2) is 5.13 Å². The van der Waals surface area contributed by atoms with Crippen LogP contribution in [0.5, 0.6) is 0 Å². The van der Waals surface area contributed by atoms with Gasteiger partial charge in [-0.05, 0) is 6.92 Å². The second-order valence-electron chi connectivity index (χ2n) is 1.34. The zero-order chi connectivity index (χ0) is 6.53. The molecule has 46 valence electrons. The van der Waals surface area contributed by atoms with Crippen LogP contribution in [0.2, 0.25) is 0 Å². The van der Waals surface area contributed by atoms with Crippen molar-refractivity contribution in [2.24, 2.45) is 0 Å². The number of rotatable bonds is 1. The van der Waals surface area contributed by atoms with Crippen LogP contribution < -0.4 is 5.32 Å². The molecule has 0 aliphatic rings. The molecule has 1 aromatic heterocycles. The first-order chi connectivity index (χ1) is 4.43. The SMILES string of the molecule is CC#CNc1nccs1. The van der Waals surface area contributed by atoms with Crippen molar-refractivity contribution < 1.29 is 0 Å². The van der Waals surface area contributed by atoms with Crippen LogP contribution in [0.1, 0.15) is 6.92 Å². The molecule has 0 spiro atoms. The van der Waals surface area contributed by atoms with Crippen LogP contribution in [0.3, 0.4) is 0 Å². The van der Waals surface area contributed by atoms with E-state index in [2.05, 4.69) is 22.3 Å². The molecular weight excluding hydrogens is 132 g/mol. The van der Waals surface area contributed by atoms with E-state index in [1.165, 1.54) is 11.3 Å². The van der Waals surface area contributed by atoms with E-state index in [9.17, 15) is 0 Å². The quantitative estimate of drug-likeness (QED) is 0.470. The zero-order valence-electron chi connectivity index (χ0n) is 5.01. The normalized spacial score (nSPS) is 7.67. The van der Waals surface area contributed by atoms with E-state index in [4.69, 9.17) is 0 Å². The first-order valence-corrected chi connectivity index (χ1v) is 3.38. The van der Waals surface area contributed by atoms with Crippen LogP contribution in [0.25, 0.3) is 0 Å². The molecule has 0 unspecified atom stereocenters. The molecular formula is C6H6N2S. The summed E-state index contributed by atoms with van der Waals surface area (Å²) in [5.74, 6) is 2.71. The maximum Gasteiger partial charge on any atom is 0.194 e. The average molecular weight is 138 g/mol. The second-order valence-corrected chi connectivity index (χ2v) is 2.23. The molecule has 0 bridgehead atoms. The monoisotopic (exact) mass is 138 g/mol. The van der Waals surface area contributed by atoms with Gasteiger partial charge in [0.2, 0.25) is 0 Å². The molecule has 0 saturated heterocycles. The molecule has 0 aliphatic heterocycles. The molecule has 1 N–H and O–H groups in total. The summed E-state index contributed by atoms with van der Waals surface area (Å²) >= 11 is 1.54. The summed E-state index contributed by atoms with van der Waals surface area (Å²) in [5, 5.41) is 5.57.